The van der Waals surface area contributed by atoms with Gasteiger partial charge in [0.05, 0.1) is 17.7 Å². The first-order chi connectivity index (χ1) is 6.25. The van der Waals surface area contributed by atoms with Gasteiger partial charge in [-0.05, 0) is 27.2 Å². The van der Waals surface area contributed by atoms with Crippen molar-refractivity contribution in [3.05, 3.63) is 0 Å². The van der Waals surface area contributed by atoms with Gasteiger partial charge in [-0.25, -0.2) is 0 Å². The average molecular weight is 202 g/mol. The lowest BCUT2D eigenvalue weighted by Gasteiger charge is -2.30. The molecule has 84 valence electrons. The highest BCUT2D eigenvalue weighted by molar-refractivity contribution is 5.86. The smallest absolute Gasteiger partial charge is 0.240 e. The van der Waals surface area contributed by atoms with E-state index in [0.29, 0.717) is 6.42 Å². The summed E-state index contributed by atoms with van der Waals surface area (Å²) in [4.78, 5) is 11.7. The Morgan fingerprint density at radius 1 is 1.43 bits per heavy atom. The summed E-state index contributed by atoms with van der Waals surface area (Å²) in [6.07, 6.45) is 1.50. The third kappa shape index (κ3) is 4.07. The summed E-state index contributed by atoms with van der Waals surface area (Å²) in [5.41, 5.74) is 4.39. The molecule has 0 aromatic carbocycles. The molecule has 0 bridgehead atoms. The van der Waals surface area contributed by atoms with Crippen LogP contribution >= 0.6 is 0 Å². The molecule has 0 aromatic heterocycles. The van der Waals surface area contributed by atoms with E-state index < -0.39 is 11.1 Å². The van der Waals surface area contributed by atoms with Crippen LogP contribution in [0.3, 0.4) is 0 Å². The average Bonchev–Trinajstić information content (AvgIpc) is 2.03. The Morgan fingerprint density at radius 2 is 1.93 bits per heavy atom. The van der Waals surface area contributed by atoms with Crippen molar-refractivity contribution in [1.29, 1.82) is 0 Å². The number of hydrogen-bond acceptors (Lipinski definition) is 3. The van der Waals surface area contributed by atoms with Gasteiger partial charge in [0, 0.05) is 0 Å². The molecule has 4 nitrogen and oxygen atoms in total. The molecule has 0 aliphatic heterocycles. The van der Waals surface area contributed by atoms with Gasteiger partial charge in [-0.1, -0.05) is 13.3 Å². The molecule has 0 aliphatic rings. The lowest BCUT2D eigenvalue weighted by molar-refractivity contribution is -0.128. The topological polar surface area (TPSA) is 75.4 Å². The van der Waals surface area contributed by atoms with E-state index in [-0.39, 0.29) is 12.5 Å². The van der Waals surface area contributed by atoms with Crippen LogP contribution in [0.4, 0.5) is 0 Å². The van der Waals surface area contributed by atoms with Crippen LogP contribution < -0.4 is 11.1 Å². The van der Waals surface area contributed by atoms with E-state index in [0.717, 1.165) is 6.42 Å². The zero-order chi connectivity index (χ0) is 11.4. The molecule has 0 saturated carbocycles. The first-order valence-corrected chi connectivity index (χ1v) is 4.97. The highest BCUT2D eigenvalue weighted by atomic mass is 16.3. The van der Waals surface area contributed by atoms with Crippen LogP contribution in [0, 0.1) is 0 Å². The van der Waals surface area contributed by atoms with Crippen molar-refractivity contribution in [3.63, 3.8) is 0 Å². The maximum Gasteiger partial charge on any atom is 0.240 e. The van der Waals surface area contributed by atoms with Crippen LogP contribution in [0.1, 0.15) is 40.5 Å². The van der Waals surface area contributed by atoms with Crippen LogP contribution in [0.25, 0.3) is 0 Å². The van der Waals surface area contributed by atoms with Gasteiger partial charge < -0.3 is 16.2 Å². The van der Waals surface area contributed by atoms with Crippen molar-refractivity contribution in [2.75, 3.05) is 6.61 Å². The quantitative estimate of drug-likeness (QED) is 0.603. The Labute approximate surface area is 85.9 Å². The highest BCUT2D eigenvalue weighted by Gasteiger charge is 2.31. The largest absolute Gasteiger partial charge is 0.394 e. The van der Waals surface area contributed by atoms with E-state index in [9.17, 15) is 4.79 Å². The van der Waals surface area contributed by atoms with Crippen LogP contribution in [0.5, 0.6) is 0 Å². The summed E-state index contributed by atoms with van der Waals surface area (Å²) in [5, 5.41) is 11.7. The third-order valence-electron chi connectivity index (χ3n) is 2.14. The van der Waals surface area contributed by atoms with Gasteiger partial charge in [0.2, 0.25) is 5.91 Å². The van der Waals surface area contributed by atoms with E-state index in [2.05, 4.69) is 5.32 Å². The summed E-state index contributed by atoms with van der Waals surface area (Å²) >= 11 is 0. The molecule has 4 N–H and O–H groups in total. The van der Waals surface area contributed by atoms with Gasteiger partial charge in [0.1, 0.15) is 0 Å². The van der Waals surface area contributed by atoms with Gasteiger partial charge in [0.25, 0.3) is 0 Å². The molecule has 0 radical (unpaired) electrons. The molecule has 1 atom stereocenters. The van der Waals surface area contributed by atoms with Crippen molar-refractivity contribution >= 4 is 5.91 Å². The predicted molar refractivity (Wildman–Crippen MR) is 56.8 cm³/mol. The van der Waals surface area contributed by atoms with Gasteiger partial charge in [-0.3, -0.25) is 4.79 Å². The molecule has 0 aliphatic carbocycles. The van der Waals surface area contributed by atoms with Crippen LogP contribution in [0.15, 0.2) is 0 Å². The van der Waals surface area contributed by atoms with E-state index in [1.54, 1.807) is 20.8 Å². The normalized spacial score (nSPS) is 16.1. The van der Waals surface area contributed by atoms with E-state index in [1.165, 1.54) is 0 Å². The molecular formula is C10H22N2O2. The fourth-order valence-electron chi connectivity index (χ4n) is 1.12. The lowest BCUT2D eigenvalue weighted by atomic mass is 9.94. The maximum absolute atomic E-state index is 11.7. The minimum atomic E-state index is -0.846. The number of carbonyl (C=O) groups is 1. The molecule has 4 heteroatoms. The second-order valence-corrected chi connectivity index (χ2v) is 4.66. The van der Waals surface area contributed by atoms with Crippen LogP contribution in [-0.2, 0) is 4.79 Å². The second-order valence-electron chi connectivity index (χ2n) is 4.66. The predicted octanol–water partition coefficient (Wildman–Crippen LogP) is 0.391. The molecular weight excluding hydrogens is 180 g/mol. The first-order valence-electron chi connectivity index (χ1n) is 4.97. The van der Waals surface area contributed by atoms with Gasteiger partial charge in [-0.15, -0.1) is 0 Å². The molecule has 0 saturated heterocycles. The van der Waals surface area contributed by atoms with Gasteiger partial charge in [-0.2, -0.15) is 0 Å². The summed E-state index contributed by atoms with van der Waals surface area (Å²) in [7, 11) is 0. The lowest BCUT2D eigenvalue weighted by Crippen LogP contribution is -2.58. The summed E-state index contributed by atoms with van der Waals surface area (Å²) in [5.74, 6) is -0.210. The van der Waals surface area contributed by atoms with E-state index in [4.69, 9.17) is 10.8 Å². The molecule has 14 heavy (non-hydrogen) atoms. The monoisotopic (exact) mass is 202 g/mol. The fourth-order valence-corrected chi connectivity index (χ4v) is 1.12. The first kappa shape index (κ1) is 13.4. The molecule has 1 unspecified atom stereocenters. The number of aliphatic hydroxyl groups excluding tert-OH is 1. The Bertz CT molecular complexity index is 200. The van der Waals surface area contributed by atoms with Crippen molar-refractivity contribution in [1.82, 2.24) is 5.32 Å². The zero-order valence-corrected chi connectivity index (χ0v) is 9.55. The minimum Gasteiger partial charge on any atom is -0.394 e. The van der Waals surface area contributed by atoms with Crippen LogP contribution in [-0.4, -0.2) is 28.7 Å². The van der Waals surface area contributed by atoms with Crippen molar-refractivity contribution in [2.24, 2.45) is 5.73 Å². The van der Waals surface area contributed by atoms with Crippen molar-refractivity contribution in [3.8, 4) is 0 Å². The van der Waals surface area contributed by atoms with E-state index >= 15 is 0 Å². The zero-order valence-electron chi connectivity index (χ0n) is 9.55. The second kappa shape index (κ2) is 4.75. The van der Waals surface area contributed by atoms with Crippen LogP contribution in [0.2, 0.25) is 0 Å². The molecule has 0 aromatic rings. The van der Waals surface area contributed by atoms with Crippen molar-refractivity contribution in [2.45, 2.75) is 51.6 Å². The molecule has 0 spiro atoms. The number of carbonyl (C=O) groups excluding carboxylic acids is 1. The summed E-state index contributed by atoms with van der Waals surface area (Å²) < 4.78 is 0. The number of rotatable bonds is 5. The van der Waals surface area contributed by atoms with Gasteiger partial charge >= 0.3 is 0 Å². The highest BCUT2D eigenvalue weighted by Crippen LogP contribution is 2.11. The number of aliphatic hydroxyl groups is 1. The standard InChI is InChI=1S/C10H22N2O2/c1-5-6-10(4,11)8(14)12-9(2,3)7-13/h13H,5-7,11H2,1-4H3,(H,12,14). The maximum atomic E-state index is 11.7. The number of nitrogens with one attached hydrogen (secondary N) is 1. The summed E-state index contributed by atoms with van der Waals surface area (Å²) in [6.45, 7) is 7.11. The Balaban J connectivity index is 4.34. The molecule has 1 amide bonds. The molecule has 0 fully saturated rings. The third-order valence-corrected chi connectivity index (χ3v) is 2.14. The SMILES string of the molecule is CCCC(C)(N)C(=O)NC(C)(C)CO. The number of amides is 1. The van der Waals surface area contributed by atoms with Crippen molar-refractivity contribution < 1.29 is 9.90 Å². The van der Waals surface area contributed by atoms with Gasteiger partial charge in [0.15, 0.2) is 0 Å². The Kier molecular flexibility index (Phi) is 4.55. The Hall–Kier alpha value is -0.610. The fraction of sp³-hybridized carbons (Fsp3) is 0.900. The minimum absolute atomic E-state index is 0.0963. The number of hydrogen-bond donors (Lipinski definition) is 3. The summed E-state index contributed by atoms with van der Waals surface area (Å²) in [6, 6.07) is 0. The Morgan fingerprint density at radius 3 is 2.29 bits per heavy atom. The number of nitrogens with two attached hydrogens (primary N) is 1. The van der Waals surface area contributed by atoms with E-state index in [1.807, 2.05) is 6.92 Å². The molecule has 0 rings (SSSR count). The molecule has 0 heterocycles.